The maximum atomic E-state index is 11.1. The quantitative estimate of drug-likeness (QED) is 0.492. The van der Waals surface area contributed by atoms with Crippen LogP contribution in [0.1, 0.15) is 5.56 Å². The van der Waals surface area contributed by atoms with Crippen LogP contribution in [0.25, 0.3) is 0 Å². The van der Waals surface area contributed by atoms with Gasteiger partial charge < -0.3 is 15.6 Å². The van der Waals surface area contributed by atoms with E-state index in [0.717, 1.165) is 6.07 Å². The Morgan fingerprint density at radius 2 is 2.16 bits per heavy atom. The van der Waals surface area contributed by atoms with Crippen molar-refractivity contribution in [3.8, 4) is 5.75 Å². The van der Waals surface area contributed by atoms with Gasteiger partial charge in [-0.15, -0.1) is 0 Å². The summed E-state index contributed by atoms with van der Waals surface area (Å²) in [5, 5.41) is 21.4. The summed E-state index contributed by atoms with van der Waals surface area (Å²) >= 11 is 0. The molecule has 0 aliphatic heterocycles. The number of ether oxygens (including phenoxy) is 1. The number of nitro groups is 1. The van der Waals surface area contributed by atoms with Gasteiger partial charge in [0.1, 0.15) is 0 Å². The van der Waals surface area contributed by atoms with Crippen LogP contribution in [-0.2, 0) is 11.4 Å². The van der Waals surface area contributed by atoms with Gasteiger partial charge in [0.05, 0.1) is 11.5 Å². The highest BCUT2D eigenvalue weighted by atomic mass is 16.6. The number of benzene rings is 1. The summed E-state index contributed by atoms with van der Waals surface area (Å²) in [6.45, 7) is -0.944. The van der Waals surface area contributed by atoms with E-state index in [1.165, 1.54) is 12.1 Å². The molecule has 0 saturated heterocycles. The van der Waals surface area contributed by atoms with Gasteiger partial charge in [0.2, 0.25) is 0 Å². The molecule has 0 aromatic heterocycles. The van der Waals surface area contributed by atoms with Gasteiger partial charge in [-0.3, -0.25) is 20.2 Å². The fourth-order valence-corrected chi connectivity index (χ4v) is 1.24. The van der Waals surface area contributed by atoms with Crippen LogP contribution in [0.4, 0.5) is 10.5 Å². The second-order valence-electron chi connectivity index (χ2n) is 3.42. The van der Waals surface area contributed by atoms with Gasteiger partial charge in [-0.1, -0.05) is 0 Å². The number of nitro benzene ring substituents is 1. The number of urea groups is 1. The standard InChI is InChI=1S/C10H11N3O6/c11-10(16)12-9(15)5-19-8-3-6(4-14)1-2-7(8)13(17)18/h1-3,14H,4-5H2,(H3,11,12,15,16). The predicted octanol–water partition coefficient (Wildman–Crippen LogP) is -0.339. The Hall–Kier alpha value is -2.68. The SMILES string of the molecule is NC(=O)NC(=O)COc1cc(CO)ccc1[N+](=O)[O-]. The van der Waals surface area contributed by atoms with Gasteiger partial charge in [0.15, 0.2) is 12.4 Å². The first-order valence-electron chi connectivity index (χ1n) is 5.04. The fourth-order valence-electron chi connectivity index (χ4n) is 1.24. The molecule has 1 rings (SSSR count). The molecule has 102 valence electrons. The van der Waals surface area contributed by atoms with Crippen molar-refractivity contribution in [1.29, 1.82) is 0 Å². The molecular weight excluding hydrogens is 258 g/mol. The van der Waals surface area contributed by atoms with Gasteiger partial charge >= 0.3 is 11.7 Å². The van der Waals surface area contributed by atoms with Gasteiger partial charge in [0, 0.05) is 6.07 Å². The van der Waals surface area contributed by atoms with Crippen LogP contribution in [0.5, 0.6) is 5.75 Å². The number of carbonyl (C=O) groups is 2. The monoisotopic (exact) mass is 269 g/mol. The molecule has 0 aliphatic rings. The Labute approximate surface area is 107 Å². The van der Waals surface area contributed by atoms with Crippen LogP contribution in [0.2, 0.25) is 0 Å². The Morgan fingerprint density at radius 3 is 2.68 bits per heavy atom. The Morgan fingerprint density at radius 1 is 1.47 bits per heavy atom. The highest BCUT2D eigenvalue weighted by Crippen LogP contribution is 2.27. The van der Waals surface area contributed by atoms with Gasteiger partial charge in [-0.05, 0) is 17.7 Å². The van der Waals surface area contributed by atoms with E-state index in [1.807, 2.05) is 0 Å². The third-order valence-corrected chi connectivity index (χ3v) is 2.02. The minimum absolute atomic E-state index is 0.184. The van der Waals surface area contributed by atoms with E-state index in [0.29, 0.717) is 5.56 Å². The predicted molar refractivity (Wildman–Crippen MR) is 62.2 cm³/mol. The van der Waals surface area contributed by atoms with Crippen molar-refractivity contribution in [2.75, 3.05) is 6.61 Å². The van der Waals surface area contributed by atoms with Crippen molar-refractivity contribution in [2.45, 2.75) is 6.61 Å². The zero-order valence-electron chi connectivity index (χ0n) is 9.66. The van der Waals surface area contributed by atoms with Crippen molar-refractivity contribution in [3.05, 3.63) is 33.9 Å². The molecular formula is C10H11N3O6. The first kappa shape index (κ1) is 14.4. The van der Waals surface area contributed by atoms with E-state index in [-0.39, 0.29) is 18.0 Å². The summed E-state index contributed by atoms with van der Waals surface area (Å²) in [4.78, 5) is 31.5. The van der Waals surface area contributed by atoms with Crippen molar-refractivity contribution in [3.63, 3.8) is 0 Å². The van der Waals surface area contributed by atoms with Gasteiger partial charge in [-0.25, -0.2) is 4.79 Å². The number of nitrogens with two attached hydrogens (primary N) is 1. The number of primary amides is 1. The van der Waals surface area contributed by atoms with Crippen LogP contribution in [0.3, 0.4) is 0 Å². The largest absolute Gasteiger partial charge is 0.477 e. The third kappa shape index (κ3) is 4.24. The highest BCUT2D eigenvalue weighted by molar-refractivity contribution is 5.94. The van der Waals surface area contributed by atoms with Crippen LogP contribution in [-0.4, -0.2) is 28.6 Å². The maximum absolute atomic E-state index is 11.1. The minimum atomic E-state index is -1.05. The second kappa shape index (κ2) is 6.31. The third-order valence-electron chi connectivity index (χ3n) is 2.02. The number of aliphatic hydroxyl groups is 1. The van der Waals surface area contributed by atoms with E-state index in [1.54, 1.807) is 5.32 Å². The molecule has 0 aliphatic carbocycles. The maximum Gasteiger partial charge on any atom is 0.318 e. The number of nitrogens with zero attached hydrogens (tertiary/aromatic N) is 1. The lowest BCUT2D eigenvalue weighted by Gasteiger charge is -2.07. The number of imide groups is 1. The number of amides is 3. The van der Waals surface area contributed by atoms with Gasteiger partial charge in [-0.2, -0.15) is 0 Å². The first-order valence-corrected chi connectivity index (χ1v) is 5.04. The van der Waals surface area contributed by atoms with Crippen LogP contribution in [0, 0.1) is 10.1 Å². The number of carbonyl (C=O) groups excluding carboxylic acids is 2. The molecule has 0 spiro atoms. The van der Waals surface area contributed by atoms with E-state index in [9.17, 15) is 19.7 Å². The molecule has 19 heavy (non-hydrogen) atoms. The molecule has 0 radical (unpaired) electrons. The van der Waals surface area contributed by atoms with Gasteiger partial charge in [0.25, 0.3) is 5.91 Å². The average molecular weight is 269 g/mol. The normalized spacial score (nSPS) is 9.74. The molecule has 1 aromatic rings. The van der Waals surface area contributed by atoms with E-state index in [4.69, 9.17) is 15.6 Å². The number of hydrogen-bond acceptors (Lipinski definition) is 6. The van der Waals surface area contributed by atoms with Crippen LogP contribution < -0.4 is 15.8 Å². The lowest BCUT2D eigenvalue weighted by atomic mass is 10.2. The van der Waals surface area contributed by atoms with Crippen molar-refractivity contribution in [1.82, 2.24) is 5.32 Å². The average Bonchev–Trinajstić information content (AvgIpc) is 2.34. The Kier molecular flexibility index (Phi) is 4.77. The van der Waals surface area contributed by atoms with E-state index >= 15 is 0 Å². The summed E-state index contributed by atoms with van der Waals surface area (Å²) in [7, 11) is 0. The summed E-state index contributed by atoms with van der Waals surface area (Å²) in [6.07, 6.45) is 0. The lowest BCUT2D eigenvalue weighted by molar-refractivity contribution is -0.385. The van der Waals surface area contributed by atoms with E-state index < -0.39 is 23.5 Å². The molecule has 1 aromatic carbocycles. The molecule has 9 heteroatoms. The first-order chi connectivity index (χ1) is 8.93. The van der Waals surface area contributed by atoms with E-state index in [2.05, 4.69) is 0 Å². The Bertz CT molecular complexity index is 516. The van der Waals surface area contributed by atoms with Crippen LogP contribution in [0.15, 0.2) is 18.2 Å². The Balaban J connectivity index is 2.83. The summed E-state index contributed by atoms with van der Waals surface area (Å²) in [6, 6.07) is 2.68. The zero-order valence-corrected chi connectivity index (χ0v) is 9.66. The summed E-state index contributed by atoms with van der Waals surface area (Å²) in [5.41, 5.74) is 4.75. The number of nitrogens with one attached hydrogen (secondary N) is 1. The molecule has 0 bridgehead atoms. The van der Waals surface area contributed by atoms with Crippen molar-refractivity contribution in [2.24, 2.45) is 5.73 Å². The molecule has 9 nitrogen and oxygen atoms in total. The summed E-state index contributed by atoms with van der Waals surface area (Å²) in [5.74, 6) is -1.02. The number of aliphatic hydroxyl groups excluding tert-OH is 1. The van der Waals surface area contributed by atoms with Crippen LogP contribution >= 0.6 is 0 Å². The second-order valence-corrected chi connectivity index (χ2v) is 3.42. The molecule has 0 atom stereocenters. The molecule has 3 amide bonds. The molecule has 0 fully saturated rings. The molecule has 0 heterocycles. The van der Waals surface area contributed by atoms with Crippen molar-refractivity contribution >= 4 is 17.6 Å². The molecule has 4 N–H and O–H groups in total. The summed E-state index contributed by atoms with van der Waals surface area (Å²) < 4.78 is 4.93. The topological polar surface area (TPSA) is 145 Å². The molecule has 0 saturated carbocycles. The number of rotatable bonds is 5. The zero-order chi connectivity index (χ0) is 14.4. The smallest absolute Gasteiger partial charge is 0.318 e. The minimum Gasteiger partial charge on any atom is -0.477 e. The number of hydrogen-bond donors (Lipinski definition) is 3. The fraction of sp³-hybridized carbons (Fsp3) is 0.200. The van der Waals surface area contributed by atoms with Crippen molar-refractivity contribution < 1.29 is 24.4 Å². The lowest BCUT2D eigenvalue weighted by Crippen LogP contribution is -2.38. The highest BCUT2D eigenvalue weighted by Gasteiger charge is 2.17. The molecule has 0 unspecified atom stereocenters.